The van der Waals surface area contributed by atoms with E-state index in [1.165, 1.54) is 4.90 Å². The Kier molecular flexibility index (Phi) is 17.4. The van der Waals surface area contributed by atoms with Crippen LogP contribution in [-0.4, -0.2) is 122 Å². The smallest absolute Gasteiger partial charge is 0.245 e. The molecule has 3 rings (SSSR count). The second kappa shape index (κ2) is 20.9. The first kappa shape index (κ1) is 41.6. The maximum Gasteiger partial charge on any atom is 0.245 e. The van der Waals surface area contributed by atoms with Crippen LogP contribution in [0.1, 0.15) is 105 Å². The summed E-state index contributed by atoms with van der Waals surface area (Å²) >= 11 is 0. The SMILES string of the molecule is CCCCCCN1CCNC(=O)[C@H](CO[C@H]2C[C@H](N)C2)NC(=O)[C@H](CN)NC(=O)[C@H](C2CCCCC2)NC(=O)[C@H](CC(C)C)N(C)C(=O)[C@@H]1C. The van der Waals surface area contributed by atoms with E-state index in [2.05, 4.69) is 28.2 Å². The zero-order chi connectivity index (χ0) is 36.8. The Morgan fingerprint density at radius 2 is 1.56 bits per heavy atom. The molecular weight excluding hydrogens is 640 g/mol. The molecule has 3 fully saturated rings. The van der Waals surface area contributed by atoms with Crippen molar-refractivity contribution < 1.29 is 28.7 Å². The fraction of sp³-hybridized carbons (Fsp3) is 0.861. The number of ether oxygens (including phenoxy) is 1. The molecule has 5 atom stereocenters. The lowest BCUT2D eigenvalue weighted by atomic mass is 9.83. The maximum absolute atomic E-state index is 14.1. The third-order valence-electron chi connectivity index (χ3n) is 10.5. The van der Waals surface area contributed by atoms with Gasteiger partial charge in [-0.3, -0.25) is 28.9 Å². The van der Waals surface area contributed by atoms with Crippen LogP contribution in [0.3, 0.4) is 0 Å². The van der Waals surface area contributed by atoms with E-state index < -0.39 is 53.8 Å². The zero-order valence-electron chi connectivity index (χ0n) is 31.2. The number of nitrogens with one attached hydrogen (secondary N) is 4. The van der Waals surface area contributed by atoms with Crippen molar-refractivity contribution in [2.24, 2.45) is 23.3 Å². The van der Waals surface area contributed by atoms with Gasteiger partial charge in [0.25, 0.3) is 0 Å². The van der Waals surface area contributed by atoms with Gasteiger partial charge in [-0.2, -0.15) is 0 Å². The van der Waals surface area contributed by atoms with Gasteiger partial charge in [0.05, 0.1) is 18.8 Å². The minimum Gasteiger partial charge on any atom is -0.375 e. The first-order valence-electron chi connectivity index (χ1n) is 19.1. The average Bonchev–Trinajstić information content (AvgIpc) is 3.08. The molecule has 286 valence electrons. The molecule has 0 aromatic heterocycles. The molecule has 0 aromatic carbocycles. The number of hydrogen-bond donors (Lipinski definition) is 6. The highest BCUT2D eigenvalue weighted by molar-refractivity contribution is 5.96. The minimum absolute atomic E-state index is 0.0517. The molecule has 5 amide bonds. The quantitative estimate of drug-likeness (QED) is 0.159. The molecular formula is C36H66N8O6. The Morgan fingerprint density at radius 3 is 2.18 bits per heavy atom. The highest BCUT2D eigenvalue weighted by atomic mass is 16.5. The monoisotopic (exact) mass is 707 g/mol. The van der Waals surface area contributed by atoms with Gasteiger partial charge in [-0.15, -0.1) is 0 Å². The van der Waals surface area contributed by atoms with Gasteiger partial charge < -0.3 is 42.4 Å². The number of carbonyl (C=O) groups is 5. The van der Waals surface area contributed by atoms with Crippen LogP contribution in [0.2, 0.25) is 0 Å². The molecule has 0 spiro atoms. The number of unbranched alkanes of at least 4 members (excludes halogenated alkanes) is 3. The van der Waals surface area contributed by atoms with E-state index in [0.29, 0.717) is 32.4 Å². The van der Waals surface area contributed by atoms with Gasteiger partial charge in [-0.25, -0.2) is 0 Å². The molecule has 0 bridgehead atoms. The van der Waals surface area contributed by atoms with E-state index in [1.807, 2.05) is 25.7 Å². The Morgan fingerprint density at radius 1 is 0.880 bits per heavy atom. The molecule has 1 saturated heterocycles. The van der Waals surface area contributed by atoms with Crippen LogP contribution in [0.5, 0.6) is 0 Å². The zero-order valence-corrected chi connectivity index (χ0v) is 31.2. The molecule has 2 aliphatic carbocycles. The van der Waals surface area contributed by atoms with Crippen LogP contribution >= 0.6 is 0 Å². The van der Waals surface area contributed by atoms with Gasteiger partial charge in [0.15, 0.2) is 0 Å². The molecule has 14 nitrogen and oxygen atoms in total. The predicted octanol–water partition coefficient (Wildman–Crippen LogP) is 0.760. The van der Waals surface area contributed by atoms with Gasteiger partial charge in [-0.05, 0) is 63.8 Å². The first-order valence-corrected chi connectivity index (χ1v) is 19.1. The summed E-state index contributed by atoms with van der Waals surface area (Å²) in [4.78, 5) is 72.9. The van der Waals surface area contributed by atoms with Crippen LogP contribution in [0.4, 0.5) is 0 Å². The Labute approximate surface area is 299 Å². The number of carbonyl (C=O) groups excluding carboxylic acids is 5. The topological polar surface area (TPSA) is 201 Å². The number of rotatable bonds is 12. The van der Waals surface area contributed by atoms with Gasteiger partial charge in [0.1, 0.15) is 24.2 Å². The molecule has 2 saturated carbocycles. The molecule has 0 unspecified atom stereocenters. The third-order valence-corrected chi connectivity index (χ3v) is 10.5. The molecule has 8 N–H and O–H groups in total. The van der Waals surface area contributed by atoms with Crippen LogP contribution < -0.4 is 32.7 Å². The standard InChI is InChI=1S/C36H66N8O6/c1-6-7-8-12-16-44-17-15-39-32(45)29(22-50-27-19-26(38)20-27)41-33(46)28(21-37)40-35(48)31(25-13-10-9-11-14-25)42-34(47)30(18-23(2)3)43(5)36(49)24(44)4/h23-31H,6-22,37-38H2,1-5H3,(H,39,45)(H,40,48)(H,41,46)(H,42,47)/t24-,26-,27-,28-,29-,30-,31-/m0/s1. The average molecular weight is 707 g/mol. The van der Waals surface area contributed by atoms with Gasteiger partial charge >= 0.3 is 0 Å². The van der Waals surface area contributed by atoms with Gasteiger partial charge in [-0.1, -0.05) is 59.3 Å². The summed E-state index contributed by atoms with van der Waals surface area (Å²) in [6.07, 6.45) is 10.1. The van der Waals surface area contributed by atoms with Gasteiger partial charge in [0.2, 0.25) is 29.5 Å². The van der Waals surface area contributed by atoms with Crippen molar-refractivity contribution in [3.63, 3.8) is 0 Å². The maximum atomic E-state index is 14.1. The van der Waals surface area contributed by atoms with E-state index in [9.17, 15) is 24.0 Å². The van der Waals surface area contributed by atoms with E-state index in [1.54, 1.807) is 7.05 Å². The van der Waals surface area contributed by atoms with Crippen LogP contribution in [-0.2, 0) is 28.7 Å². The van der Waals surface area contributed by atoms with Crippen molar-refractivity contribution in [1.82, 2.24) is 31.1 Å². The van der Waals surface area contributed by atoms with E-state index in [4.69, 9.17) is 16.2 Å². The lowest BCUT2D eigenvalue weighted by molar-refractivity contribution is -0.144. The van der Waals surface area contributed by atoms with Crippen LogP contribution in [0.15, 0.2) is 0 Å². The summed E-state index contributed by atoms with van der Waals surface area (Å²) in [5, 5.41) is 11.5. The summed E-state index contributed by atoms with van der Waals surface area (Å²) in [7, 11) is 1.66. The van der Waals surface area contributed by atoms with Crippen molar-refractivity contribution in [2.45, 2.75) is 147 Å². The lowest BCUT2D eigenvalue weighted by Gasteiger charge is -2.37. The molecule has 1 heterocycles. The number of hydrogen-bond acceptors (Lipinski definition) is 9. The van der Waals surface area contributed by atoms with Crippen LogP contribution in [0, 0.1) is 11.8 Å². The molecule has 50 heavy (non-hydrogen) atoms. The van der Waals surface area contributed by atoms with E-state index in [-0.39, 0.29) is 49.6 Å². The number of nitrogens with two attached hydrogens (primary N) is 2. The number of amides is 5. The Balaban J connectivity index is 1.96. The largest absolute Gasteiger partial charge is 0.375 e. The molecule has 0 radical (unpaired) electrons. The highest BCUT2D eigenvalue weighted by Crippen LogP contribution is 2.27. The Bertz CT molecular complexity index is 1110. The molecule has 0 aromatic rings. The predicted molar refractivity (Wildman–Crippen MR) is 193 cm³/mol. The number of likely N-dealkylation sites (N-methyl/N-ethyl adjacent to an activating group) is 1. The van der Waals surface area contributed by atoms with E-state index in [0.717, 1.165) is 57.8 Å². The van der Waals surface area contributed by atoms with E-state index >= 15 is 0 Å². The summed E-state index contributed by atoms with van der Waals surface area (Å²) < 4.78 is 5.94. The molecule has 14 heteroatoms. The lowest BCUT2D eigenvalue weighted by Crippen LogP contribution is -2.62. The fourth-order valence-electron chi connectivity index (χ4n) is 7.22. The van der Waals surface area contributed by atoms with Crippen molar-refractivity contribution in [3.8, 4) is 0 Å². The summed E-state index contributed by atoms with van der Waals surface area (Å²) in [5.74, 6) is -2.19. The normalized spacial score (nSPS) is 30.5. The van der Waals surface area contributed by atoms with Crippen molar-refractivity contribution >= 4 is 29.5 Å². The second-order valence-electron chi connectivity index (χ2n) is 15.1. The fourth-order valence-corrected chi connectivity index (χ4v) is 7.22. The Hall–Kier alpha value is -2.81. The number of nitrogens with zero attached hydrogens (tertiary/aromatic N) is 2. The van der Waals surface area contributed by atoms with Crippen molar-refractivity contribution in [1.29, 1.82) is 0 Å². The van der Waals surface area contributed by atoms with Crippen molar-refractivity contribution in [3.05, 3.63) is 0 Å². The highest BCUT2D eigenvalue weighted by Gasteiger charge is 2.38. The summed E-state index contributed by atoms with van der Waals surface area (Å²) in [6.45, 7) is 8.96. The molecule has 3 aliphatic rings. The summed E-state index contributed by atoms with van der Waals surface area (Å²) in [6, 6.07) is -4.42. The second-order valence-corrected chi connectivity index (χ2v) is 15.1. The first-order chi connectivity index (χ1) is 23.9. The van der Waals surface area contributed by atoms with Crippen molar-refractivity contribution in [2.75, 3.05) is 39.8 Å². The molecule has 1 aliphatic heterocycles. The minimum atomic E-state index is -1.15. The van der Waals surface area contributed by atoms with Gasteiger partial charge in [0, 0.05) is 32.7 Å². The summed E-state index contributed by atoms with van der Waals surface area (Å²) in [5.41, 5.74) is 11.9. The third kappa shape index (κ3) is 12.4. The van der Waals surface area contributed by atoms with Crippen LogP contribution in [0.25, 0.3) is 0 Å².